The summed E-state index contributed by atoms with van der Waals surface area (Å²) in [4.78, 5) is 15.0. The van der Waals surface area contributed by atoms with Crippen molar-refractivity contribution in [2.45, 2.75) is 12.4 Å². The molecule has 1 N–H and O–H groups in total. The number of anilines is 1. The fraction of sp³-hybridized carbons (Fsp3) is 0.500. The zero-order valence-electron chi connectivity index (χ0n) is 10.8. The summed E-state index contributed by atoms with van der Waals surface area (Å²) in [5, 5.41) is 8.88. The van der Waals surface area contributed by atoms with Gasteiger partial charge in [0, 0.05) is 25.0 Å². The summed E-state index contributed by atoms with van der Waals surface area (Å²) in [7, 11) is 0. The quantitative estimate of drug-likeness (QED) is 0.848. The van der Waals surface area contributed by atoms with Crippen LogP contribution in [0.2, 0.25) is 0 Å². The first-order chi connectivity index (χ1) is 10.00. The van der Waals surface area contributed by atoms with Crippen molar-refractivity contribution < 1.29 is 36.2 Å². The van der Waals surface area contributed by atoms with Gasteiger partial charge < -0.3 is 10.0 Å². The monoisotopic (exact) mass is 328 g/mol. The molecule has 0 aromatic carbocycles. The van der Waals surface area contributed by atoms with E-state index in [0.717, 1.165) is 17.2 Å². The lowest BCUT2D eigenvalue weighted by atomic mass is 9.96. The summed E-state index contributed by atoms with van der Waals surface area (Å²) in [5.41, 5.74) is -1.38. The molecule has 0 unspecified atom stereocenters. The first-order valence-electron chi connectivity index (χ1n) is 6.08. The molecule has 1 aromatic rings. The zero-order chi connectivity index (χ0) is 16.7. The van der Waals surface area contributed by atoms with Gasteiger partial charge in [0.2, 0.25) is 0 Å². The van der Waals surface area contributed by atoms with Crippen molar-refractivity contribution >= 4 is 11.7 Å². The van der Waals surface area contributed by atoms with Gasteiger partial charge in [-0.05, 0) is 12.1 Å². The van der Waals surface area contributed by atoms with E-state index in [0.29, 0.717) is 6.07 Å². The van der Waals surface area contributed by atoms with Gasteiger partial charge in [0.05, 0.1) is 11.8 Å². The molecule has 1 saturated heterocycles. The third-order valence-electron chi connectivity index (χ3n) is 3.46. The second kappa shape index (κ2) is 5.33. The molecule has 1 aliphatic heterocycles. The van der Waals surface area contributed by atoms with Crippen molar-refractivity contribution in [1.82, 2.24) is 4.98 Å². The molecular weight excluding hydrogens is 318 g/mol. The lowest BCUT2D eigenvalue weighted by Gasteiger charge is -2.20. The Labute approximate surface area is 120 Å². The molecule has 2 atom stereocenters. The summed E-state index contributed by atoms with van der Waals surface area (Å²) < 4.78 is 76.3. The Balaban J connectivity index is 2.30. The van der Waals surface area contributed by atoms with Gasteiger partial charge in [-0.3, -0.25) is 9.78 Å². The van der Waals surface area contributed by atoms with Crippen LogP contribution in [-0.4, -0.2) is 35.3 Å². The van der Waals surface area contributed by atoms with Crippen LogP contribution in [0.3, 0.4) is 0 Å². The predicted octanol–water partition coefficient (Wildman–Crippen LogP) is 2.80. The Bertz CT molecular complexity index is 571. The fourth-order valence-electron chi connectivity index (χ4n) is 2.37. The maximum Gasteiger partial charge on any atom is 0.433 e. The average molecular weight is 328 g/mol. The predicted molar refractivity (Wildman–Crippen MR) is 62.1 cm³/mol. The third-order valence-corrected chi connectivity index (χ3v) is 3.46. The van der Waals surface area contributed by atoms with Crippen LogP contribution >= 0.6 is 0 Å². The van der Waals surface area contributed by atoms with Crippen LogP contribution in [0.25, 0.3) is 0 Å². The maximum absolute atomic E-state index is 12.8. The standard InChI is InChI=1S/C12H10F6N2O2/c13-11(14,15)8-5-20(4-7(8)10(21)22)6-1-2-19-9(3-6)12(16,17)18/h1-3,7-8H,4-5H2,(H,21,22)/t7-,8-/m1/s1. The van der Waals surface area contributed by atoms with E-state index in [2.05, 4.69) is 4.98 Å². The molecule has 1 fully saturated rings. The minimum Gasteiger partial charge on any atom is -0.481 e. The fourth-order valence-corrected chi connectivity index (χ4v) is 2.37. The average Bonchev–Trinajstić information content (AvgIpc) is 2.83. The number of carbonyl (C=O) groups is 1. The molecular formula is C12H10F6N2O2. The van der Waals surface area contributed by atoms with Crippen molar-refractivity contribution in [3.63, 3.8) is 0 Å². The van der Waals surface area contributed by atoms with E-state index in [1.807, 2.05) is 0 Å². The van der Waals surface area contributed by atoms with Crippen molar-refractivity contribution in [3.05, 3.63) is 24.0 Å². The number of nitrogens with zero attached hydrogens (tertiary/aromatic N) is 2. The number of hydrogen-bond acceptors (Lipinski definition) is 3. The molecule has 1 aromatic heterocycles. The molecule has 0 aliphatic carbocycles. The van der Waals surface area contributed by atoms with Gasteiger partial charge in [-0.15, -0.1) is 0 Å². The highest BCUT2D eigenvalue weighted by Crippen LogP contribution is 2.40. The highest BCUT2D eigenvalue weighted by atomic mass is 19.4. The summed E-state index contributed by atoms with van der Waals surface area (Å²) in [6.07, 6.45) is -8.64. The van der Waals surface area contributed by atoms with Gasteiger partial charge in [0.1, 0.15) is 5.69 Å². The van der Waals surface area contributed by atoms with E-state index in [1.54, 1.807) is 0 Å². The Morgan fingerprint density at radius 3 is 2.32 bits per heavy atom. The first-order valence-corrected chi connectivity index (χ1v) is 6.08. The second-order valence-electron chi connectivity index (χ2n) is 4.89. The van der Waals surface area contributed by atoms with E-state index in [-0.39, 0.29) is 5.69 Å². The number of alkyl halides is 6. The van der Waals surface area contributed by atoms with Crippen molar-refractivity contribution in [2.24, 2.45) is 11.8 Å². The van der Waals surface area contributed by atoms with Gasteiger partial charge >= 0.3 is 18.3 Å². The molecule has 10 heteroatoms. The minimum atomic E-state index is -4.74. The van der Waals surface area contributed by atoms with Gasteiger partial charge in [-0.2, -0.15) is 26.3 Å². The van der Waals surface area contributed by atoms with Gasteiger partial charge in [0.25, 0.3) is 0 Å². The summed E-state index contributed by atoms with van der Waals surface area (Å²) in [6.45, 7) is -1.22. The smallest absolute Gasteiger partial charge is 0.433 e. The van der Waals surface area contributed by atoms with Crippen LogP contribution in [0.5, 0.6) is 0 Å². The molecule has 2 rings (SSSR count). The van der Waals surface area contributed by atoms with Crippen LogP contribution in [0.1, 0.15) is 5.69 Å². The van der Waals surface area contributed by atoms with Crippen LogP contribution < -0.4 is 4.90 Å². The molecule has 0 radical (unpaired) electrons. The number of aromatic nitrogens is 1. The number of rotatable bonds is 2. The number of halogens is 6. The highest BCUT2D eigenvalue weighted by molar-refractivity contribution is 5.73. The van der Waals surface area contributed by atoms with Crippen molar-refractivity contribution in [3.8, 4) is 0 Å². The molecule has 22 heavy (non-hydrogen) atoms. The van der Waals surface area contributed by atoms with Crippen LogP contribution in [-0.2, 0) is 11.0 Å². The van der Waals surface area contributed by atoms with E-state index in [4.69, 9.17) is 5.11 Å². The maximum atomic E-state index is 12.8. The number of carboxylic acid groups (broad SMARTS) is 1. The molecule has 122 valence electrons. The first kappa shape index (κ1) is 16.4. The van der Waals surface area contributed by atoms with Crippen LogP contribution in [0.4, 0.5) is 32.0 Å². The Kier molecular flexibility index (Phi) is 3.96. The van der Waals surface area contributed by atoms with Crippen molar-refractivity contribution in [1.29, 1.82) is 0 Å². The number of carboxylic acids is 1. The summed E-state index contributed by atoms with van der Waals surface area (Å²) >= 11 is 0. The molecule has 0 amide bonds. The lowest BCUT2D eigenvalue weighted by Crippen LogP contribution is -2.33. The zero-order valence-corrected chi connectivity index (χ0v) is 10.8. The SMILES string of the molecule is O=C(O)[C@@H]1CN(c2ccnc(C(F)(F)F)c2)C[C@H]1C(F)(F)F. The Morgan fingerprint density at radius 2 is 1.86 bits per heavy atom. The lowest BCUT2D eigenvalue weighted by molar-refractivity contribution is -0.187. The largest absolute Gasteiger partial charge is 0.481 e. The van der Waals surface area contributed by atoms with E-state index in [9.17, 15) is 31.1 Å². The summed E-state index contributed by atoms with van der Waals surface area (Å²) in [5.74, 6) is -5.48. The van der Waals surface area contributed by atoms with E-state index < -0.39 is 48.9 Å². The molecule has 4 nitrogen and oxygen atoms in total. The second-order valence-corrected chi connectivity index (χ2v) is 4.89. The Morgan fingerprint density at radius 1 is 1.23 bits per heavy atom. The summed E-state index contributed by atoms with van der Waals surface area (Å²) in [6, 6.07) is 1.73. The number of hydrogen-bond donors (Lipinski definition) is 1. The van der Waals surface area contributed by atoms with Crippen LogP contribution in [0, 0.1) is 11.8 Å². The number of aliphatic carboxylic acids is 1. The van der Waals surface area contributed by atoms with Gasteiger partial charge in [-0.1, -0.05) is 0 Å². The highest BCUT2D eigenvalue weighted by Gasteiger charge is 2.52. The molecule has 2 heterocycles. The third kappa shape index (κ3) is 3.25. The number of pyridine rings is 1. The molecule has 0 saturated carbocycles. The van der Waals surface area contributed by atoms with Gasteiger partial charge in [-0.25, -0.2) is 0 Å². The Hall–Kier alpha value is -2.00. The molecule has 1 aliphatic rings. The van der Waals surface area contributed by atoms with E-state index in [1.165, 1.54) is 0 Å². The van der Waals surface area contributed by atoms with Crippen molar-refractivity contribution in [2.75, 3.05) is 18.0 Å². The molecule has 0 bridgehead atoms. The normalized spacial score (nSPS) is 22.9. The van der Waals surface area contributed by atoms with Gasteiger partial charge in [0.15, 0.2) is 0 Å². The van der Waals surface area contributed by atoms with E-state index >= 15 is 0 Å². The topological polar surface area (TPSA) is 53.4 Å². The van der Waals surface area contributed by atoms with Crippen LogP contribution in [0.15, 0.2) is 18.3 Å². The minimum absolute atomic E-state index is 0.139. The molecule has 0 spiro atoms.